The van der Waals surface area contributed by atoms with Gasteiger partial charge in [-0.1, -0.05) is 52.8 Å². The summed E-state index contributed by atoms with van der Waals surface area (Å²) in [5, 5.41) is 36.7. The Labute approximate surface area is 519 Å². The third-order valence-corrected chi connectivity index (χ3v) is 18.0. The largest absolute Gasteiger partial charge is 0.390 e. The molecule has 0 saturated carbocycles. The van der Waals surface area contributed by atoms with Crippen LogP contribution in [0.3, 0.4) is 0 Å². The lowest BCUT2D eigenvalue weighted by molar-refractivity contribution is -0.191. The molecule has 0 saturated heterocycles. The Morgan fingerprint density at radius 3 is 1.41 bits per heavy atom. The molecule has 0 aliphatic rings. The number of H-pyrrole nitrogens is 1. The van der Waals surface area contributed by atoms with Crippen LogP contribution >= 0.6 is 0 Å². The lowest BCUT2D eigenvalue weighted by atomic mass is 9.99. The number of aliphatic hydroxyl groups is 2. The second-order valence-corrected chi connectivity index (χ2v) is 34.6. The minimum absolute atomic E-state index is 0.192. The van der Waals surface area contributed by atoms with E-state index in [9.17, 15) is 23.4 Å². The van der Waals surface area contributed by atoms with Gasteiger partial charge in [0.1, 0.15) is 59.3 Å². The van der Waals surface area contributed by atoms with Crippen molar-refractivity contribution >= 4 is 45.1 Å². The summed E-state index contributed by atoms with van der Waals surface area (Å²) in [5.41, 5.74) is 14.5. The molecule has 12 aromatic rings. The monoisotopic (exact) mass is 1250 g/mol. The molecule has 0 radical (unpaired) electrons. The highest BCUT2D eigenvalue weighted by molar-refractivity contribution is 6.76. The number of halogens is 3. The van der Waals surface area contributed by atoms with E-state index in [0.29, 0.717) is 53.1 Å². The third kappa shape index (κ3) is 15.6. The Bertz CT molecular complexity index is 4270. The van der Waals surface area contributed by atoms with Gasteiger partial charge in [0.2, 0.25) is 5.65 Å². The van der Waals surface area contributed by atoms with Gasteiger partial charge in [0.15, 0.2) is 0 Å². The van der Waals surface area contributed by atoms with Crippen LogP contribution in [0.1, 0.15) is 24.0 Å². The van der Waals surface area contributed by atoms with E-state index in [1.165, 1.54) is 42.6 Å². The van der Waals surface area contributed by atoms with Gasteiger partial charge in [-0.2, -0.15) is 24.9 Å². The number of nitrogens with one attached hydrogen (secondary N) is 1. The lowest BCUT2D eigenvalue weighted by Crippen LogP contribution is -2.22. The van der Waals surface area contributed by atoms with Gasteiger partial charge >= 0.3 is 6.15 Å². The van der Waals surface area contributed by atoms with Crippen LogP contribution in [0, 0.1) is 24.0 Å². The van der Waals surface area contributed by atoms with Crippen molar-refractivity contribution in [2.45, 2.75) is 91.4 Å². The van der Waals surface area contributed by atoms with E-state index in [-0.39, 0.29) is 43.5 Å². The molecule has 9 heterocycles. The Balaban J connectivity index is 0.000000157. The molecule has 0 fully saturated rings. The highest BCUT2D eigenvalue weighted by atomic mass is 28.3. The summed E-state index contributed by atoms with van der Waals surface area (Å²) in [6.07, 6.45) is 15.7. The Morgan fingerprint density at radius 2 is 0.978 bits per heavy atom. The van der Waals surface area contributed by atoms with Gasteiger partial charge in [-0.15, -0.1) is 0 Å². The third-order valence-electron chi connectivity index (χ3n) is 14.6. The van der Waals surface area contributed by atoms with Crippen LogP contribution in [0.25, 0.3) is 88.9 Å². The van der Waals surface area contributed by atoms with Crippen molar-refractivity contribution < 1.29 is 42.4 Å². The van der Waals surface area contributed by atoms with Crippen LogP contribution in [-0.2, 0) is 52.2 Å². The normalized spacial score (nSPS) is 11.4. The number of fused-ring (bicyclic) bond motifs is 3. The number of aliphatic hydroxyl groups excluding tert-OH is 2. The molecular formula is C66H68F3N13O6Si2. The molecule has 0 unspecified atom stereocenters. The predicted molar refractivity (Wildman–Crippen MR) is 342 cm³/mol. The summed E-state index contributed by atoms with van der Waals surface area (Å²) in [4.78, 5) is 32.5. The number of carbonyl (C=O) groups excluding carboxylic acids is 2. The minimum atomic E-state index is -1.20. The van der Waals surface area contributed by atoms with Gasteiger partial charge in [-0.3, -0.25) is 5.10 Å². The number of pyridine rings is 3. The first-order valence-electron chi connectivity index (χ1n) is 29.0. The zero-order valence-electron chi connectivity index (χ0n) is 50.9. The molecule has 0 bridgehead atoms. The molecule has 3 N–H and O–H groups in total. The number of hydrogen-bond acceptors (Lipinski definition) is 12. The zero-order chi connectivity index (χ0) is 64.1. The predicted octanol–water partition coefficient (Wildman–Crippen LogP) is 13.7. The first kappa shape index (κ1) is 64.8. The zero-order valence-corrected chi connectivity index (χ0v) is 52.9. The van der Waals surface area contributed by atoms with Crippen molar-refractivity contribution in [3.63, 3.8) is 0 Å². The van der Waals surface area contributed by atoms with Crippen molar-refractivity contribution in [2.24, 2.45) is 0 Å². The maximum absolute atomic E-state index is 13.6. The minimum Gasteiger partial charge on any atom is -0.390 e. The van der Waals surface area contributed by atoms with Crippen LogP contribution in [0.5, 0.6) is 0 Å². The molecule has 90 heavy (non-hydrogen) atoms. The molecule has 0 aliphatic carbocycles. The number of ether oxygens (including phenoxy) is 2. The second-order valence-electron chi connectivity index (χ2n) is 23.3. The number of benzene rings is 3. The van der Waals surface area contributed by atoms with E-state index in [2.05, 4.69) is 88.5 Å². The number of imidazole rings is 3. The highest BCUT2D eigenvalue weighted by Gasteiger charge is 2.24. The maximum Gasteiger partial charge on any atom is 0.373 e. The van der Waals surface area contributed by atoms with Crippen molar-refractivity contribution in [2.75, 3.05) is 13.2 Å². The topological polar surface area (TPSA) is 214 Å². The van der Waals surface area contributed by atoms with Gasteiger partial charge < -0.3 is 33.3 Å². The van der Waals surface area contributed by atoms with Gasteiger partial charge in [-0.05, 0) is 122 Å². The van der Waals surface area contributed by atoms with Crippen LogP contribution < -0.4 is 0 Å². The molecular weight excluding hydrogens is 1180 g/mol. The van der Waals surface area contributed by atoms with Crippen LogP contribution in [0.2, 0.25) is 51.4 Å². The van der Waals surface area contributed by atoms with E-state index in [4.69, 9.17) is 35.8 Å². The summed E-state index contributed by atoms with van der Waals surface area (Å²) in [6, 6.07) is 32.5. The Hall–Kier alpha value is -9.71. The SMILES string of the molecule is CCc1c(-c2ccc3nccn3c2)c(-c2ccc(F)cc2)nn1COCC[Si](C)(C)C.C[Si](C)(C)CCOCn1nc(-c2ccc(F)cc2)c(-c2ccc3nccn3c2)c1CO.O=C=O.[C-]#[N+]c1cnc2ccc(-c3c(-c4ccc(F)cc4)n[nH]c3CO)cn12. The van der Waals surface area contributed by atoms with Crippen molar-refractivity contribution in [1.29, 1.82) is 0 Å². The molecule has 0 aliphatic heterocycles. The summed E-state index contributed by atoms with van der Waals surface area (Å²) < 4.78 is 61.5. The van der Waals surface area contributed by atoms with Gasteiger partial charge in [0.25, 0.3) is 5.82 Å². The van der Waals surface area contributed by atoms with Crippen molar-refractivity contribution in [1.82, 2.24) is 57.9 Å². The number of aromatic nitrogens is 12. The standard InChI is InChI=1S/C24H29FN4OSi.C23H27FN4O2Si.C18H12FN5O.CO2/c1-5-21-23(19-8-11-22-26-12-13-28(22)16-19)24(18-6-9-20(25)10-7-18)27-29(21)17-30-14-15-31(2,3)4;1-31(2,3)13-12-30-16-28-20(15-29)22(18-6-9-21-25-10-11-27(21)14-18)23(26-28)17-4-7-19(24)8-5-17;1-20-16-8-21-15-7-4-12(9-24(15)16)17-14(10-25)22-23-18(17)11-2-5-13(19)6-3-11;2-1-3/h6-13,16H,5,14-15,17H2,1-4H3;4-11,14,29H,12-13,15-16H2,1-3H3;2-9,25H,10H2,(H,22,23);. The molecule has 0 spiro atoms. The Kier molecular flexibility index (Phi) is 20.9. The average molecular weight is 1250 g/mol. The molecule has 0 atom stereocenters. The summed E-state index contributed by atoms with van der Waals surface area (Å²) >= 11 is 0. The first-order valence-corrected chi connectivity index (χ1v) is 36.4. The number of hydrogen-bond donors (Lipinski definition) is 3. The molecule has 24 heteroatoms. The number of rotatable bonds is 19. The van der Waals surface area contributed by atoms with E-state index in [1.54, 1.807) is 70.1 Å². The molecule has 0 amide bonds. The van der Waals surface area contributed by atoms with Crippen LogP contribution in [0.4, 0.5) is 19.0 Å². The summed E-state index contributed by atoms with van der Waals surface area (Å²) in [5.74, 6) is -0.490. The molecule has 3 aromatic carbocycles. The average Bonchev–Trinajstić information content (AvgIpc) is 1.63. The second kappa shape index (κ2) is 29.1. The van der Waals surface area contributed by atoms with E-state index in [1.807, 2.05) is 56.3 Å². The molecule has 12 rings (SSSR count). The Morgan fingerprint density at radius 1 is 0.556 bits per heavy atom. The van der Waals surface area contributed by atoms with E-state index < -0.39 is 16.1 Å². The number of aromatic amines is 1. The highest BCUT2D eigenvalue weighted by Crippen LogP contribution is 2.38. The molecule has 462 valence electrons. The lowest BCUT2D eigenvalue weighted by Gasteiger charge is -2.16. The van der Waals surface area contributed by atoms with Crippen LogP contribution in [-0.4, -0.2) is 104 Å². The van der Waals surface area contributed by atoms with Gasteiger partial charge in [0, 0.05) is 128 Å². The smallest absolute Gasteiger partial charge is 0.373 e. The fourth-order valence-corrected chi connectivity index (χ4v) is 11.5. The van der Waals surface area contributed by atoms with Gasteiger partial charge in [-0.25, -0.2) is 41.9 Å². The van der Waals surface area contributed by atoms with Crippen molar-refractivity contribution in [3.05, 3.63) is 205 Å². The summed E-state index contributed by atoms with van der Waals surface area (Å²) in [7, 11) is -2.35. The van der Waals surface area contributed by atoms with Gasteiger partial charge in [0.05, 0.1) is 37.0 Å². The fraction of sp³-hybridized carbons (Fsp3) is 0.242. The summed E-state index contributed by atoms with van der Waals surface area (Å²) in [6.45, 7) is 25.0. The fourth-order valence-electron chi connectivity index (χ4n) is 9.97. The van der Waals surface area contributed by atoms with Crippen molar-refractivity contribution in [3.8, 4) is 67.2 Å². The first-order chi connectivity index (χ1) is 43.3. The van der Waals surface area contributed by atoms with Crippen LogP contribution in [0.15, 0.2) is 159 Å². The molecule has 9 aromatic heterocycles. The molecule has 19 nitrogen and oxygen atoms in total. The quantitative estimate of drug-likeness (QED) is 0.0392. The van der Waals surface area contributed by atoms with E-state index in [0.717, 1.165) is 92.3 Å². The number of nitrogens with zero attached hydrogens (tertiary/aromatic N) is 12. The van der Waals surface area contributed by atoms with E-state index >= 15 is 0 Å². The maximum atomic E-state index is 13.6.